The Balaban J connectivity index is 1.77. The third kappa shape index (κ3) is 4.27. The summed E-state index contributed by atoms with van der Waals surface area (Å²) in [5.74, 6) is -0.591. The fourth-order valence-electron chi connectivity index (χ4n) is 2.90. The molecule has 2 aromatic heterocycles. The molecule has 8 heteroatoms. The highest BCUT2D eigenvalue weighted by atomic mass is 19.4. The molecule has 2 heterocycles. The van der Waals surface area contributed by atoms with Gasteiger partial charge in [-0.25, -0.2) is 4.98 Å². The average molecular weight is 391 g/mol. The van der Waals surface area contributed by atoms with Crippen molar-refractivity contribution in [2.24, 2.45) is 0 Å². The molecule has 0 aliphatic heterocycles. The van der Waals surface area contributed by atoms with Crippen LogP contribution in [0.15, 0.2) is 36.5 Å². The number of imidazole rings is 1. The molecule has 0 fully saturated rings. The highest BCUT2D eigenvalue weighted by Crippen LogP contribution is 2.23. The van der Waals surface area contributed by atoms with Crippen molar-refractivity contribution in [2.75, 3.05) is 0 Å². The normalized spacial score (nSPS) is 11.6. The third-order valence-electron chi connectivity index (χ3n) is 4.46. The van der Waals surface area contributed by atoms with Crippen molar-refractivity contribution in [2.45, 2.75) is 40.1 Å². The minimum atomic E-state index is -4.73. The second-order valence-electron chi connectivity index (χ2n) is 6.50. The lowest BCUT2D eigenvalue weighted by Gasteiger charge is -2.10. The van der Waals surface area contributed by atoms with Crippen LogP contribution in [0, 0.1) is 13.8 Å². The molecule has 5 nitrogen and oxygen atoms in total. The number of alkyl halides is 3. The van der Waals surface area contributed by atoms with E-state index in [0.29, 0.717) is 29.0 Å². The van der Waals surface area contributed by atoms with Crippen molar-refractivity contribution in [3.63, 3.8) is 0 Å². The van der Waals surface area contributed by atoms with Crippen molar-refractivity contribution >= 4 is 11.6 Å². The Kier molecular flexibility index (Phi) is 5.31. The number of hydrogen-bond acceptors (Lipinski definition) is 3. The zero-order valence-electron chi connectivity index (χ0n) is 15.7. The van der Waals surface area contributed by atoms with Gasteiger partial charge in [-0.1, -0.05) is 19.1 Å². The van der Waals surface area contributed by atoms with Gasteiger partial charge in [-0.15, -0.1) is 13.2 Å². The predicted octanol–water partition coefficient (Wildman–Crippen LogP) is 4.34. The number of aromatic nitrogens is 2. The molecule has 1 aromatic carbocycles. The van der Waals surface area contributed by atoms with E-state index < -0.39 is 6.36 Å². The summed E-state index contributed by atoms with van der Waals surface area (Å²) in [6.45, 7) is 6.05. The van der Waals surface area contributed by atoms with Crippen molar-refractivity contribution in [1.29, 1.82) is 0 Å². The van der Waals surface area contributed by atoms with E-state index in [9.17, 15) is 18.0 Å². The molecule has 0 aliphatic carbocycles. The Morgan fingerprint density at radius 1 is 1.18 bits per heavy atom. The number of ether oxygens (including phenoxy) is 1. The van der Waals surface area contributed by atoms with Gasteiger partial charge in [0, 0.05) is 12.7 Å². The van der Waals surface area contributed by atoms with E-state index in [0.717, 1.165) is 11.1 Å². The molecule has 0 radical (unpaired) electrons. The number of rotatable bonds is 5. The fraction of sp³-hybridized carbons (Fsp3) is 0.300. The molecule has 0 aliphatic rings. The number of benzene rings is 1. The lowest BCUT2D eigenvalue weighted by Crippen LogP contribution is -2.25. The number of nitrogens with one attached hydrogen (secondary N) is 1. The quantitative estimate of drug-likeness (QED) is 0.704. The average Bonchev–Trinajstić information content (AvgIpc) is 2.97. The number of hydrogen-bond donors (Lipinski definition) is 1. The van der Waals surface area contributed by atoms with Crippen molar-refractivity contribution in [1.82, 2.24) is 14.7 Å². The molecule has 0 bridgehead atoms. The van der Waals surface area contributed by atoms with Crippen LogP contribution in [-0.2, 0) is 13.0 Å². The van der Waals surface area contributed by atoms with Gasteiger partial charge in [0.1, 0.15) is 17.1 Å². The maximum absolute atomic E-state index is 12.8. The Hall–Kier alpha value is -3.03. The number of halogens is 3. The monoisotopic (exact) mass is 391 g/mol. The Labute approximate surface area is 160 Å². The first-order chi connectivity index (χ1) is 13.2. The van der Waals surface area contributed by atoms with E-state index in [4.69, 9.17) is 0 Å². The lowest BCUT2D eigenvalue weighted by atomic mass is 10.2. The molecule has 0 spiro atoms. The van der Waals surface area contributed by atoms with E-state index in [2.05, 4.69) is 15.0 Å². The minimum absolute atomic E-state index is 0.173. The number of nitrogens with zero attached hydrogens (tertiary/aromatic N) is 2. The van der Waals surface area contributed by atoms with Gasteiger partial charge in [0.15, 0.2) is 0 Å². The van der Waals surface area contributed by atoms with Crippen molar-refractivity contribution < 1.29 is 22.7 Å². The molecule has 148 valence electrons. The number of carbonyl (C=O) groups is 1. The molecular weight excluding hydrogens is 371 g/mol. The number of pyridine rings is 1. The van der Waals surface area contributed by atoms with Crippen LogP contribution in [0.4, 0.5) is 13.2 Å². The number of amides is 1. The standard InChI is InChI=1S/C20H20F3N3O2/c1-4-16-18(26-11-13(3)12(2)9-17(26)25-16)19(27)24-10-14-5-7-15(8-6-14)28-20(21,22)23/h5-9,11H,4,10H2,1-3H3,(H,24,27). The van der Waals surface area contributed by atoms with Gasteiger partial charge in [0.05, 0.1) is 5.69 Å². The molecule has 0 saturated heterocycles. The van der Waals surface area contributed by atoms with Gasteiger partial charge in [0.2, 0.25) is 0 Å². The van der Waals surface area contributed by atoms with Gasteiger partial charge in [-0.2, -0.15) is 0 Å². The summed E-state index contributed by atoms with van der Waals surface area (Å²) in [4.78, 5) is 17.3. The summed E-state index contributed by atoms with van der Waals surface area (Å²) in [5, 5.41) is 2.81. The van der Waals surface area contributed by atoms with Crippen LogP contribution < -0.4 is 10.1 Å². The molecule has 1 amide bonds. The van der Waals surface area contributed by atoms with Gasteiger partial charge < -0.3 is 10.1 Å². The van der Waals surface area contributed by atoms with Crippen molar-refractivity contribution in [3.8, 4) is 5.75 Å². The molecule has 0 saturated carbocycles. The fourth-order valence-corrected chi connectivity index (χ4v) is 2.90. The van der Waals surface area contributed by atoms with Gasteiger partial charge in [0.25, 0.3) is 5.91 Å². The van der Waals surface area contributed by atoms with E-state index in [-0.39, 0.29) is 18.2 Å². The first kappa shape index (κ1) is 19.7. The van der Waals surface area contributed by atoms with E-state index >= 15 is 0 Å². The predicted molar refractivity (Wildman–Crippen MR) is 98.3 cm³/mol. The summed E-state index contributed by atoms with van der Waals surface area (Å²) in [7, 11) is 0. The summed E-state index contributed by atoms with van der Waals surface area (Å²) < 4.78 is 42.3. The number of fused-ring (bicyclic) bond motifs is 1. The third-order valence-corrected chi connectivity index (χ3v) is 4.46. The summed E-state index contributed by atoms with van der Waals surface area (Å²) in [5.41, 5.74) is 4.66. The van der Waals surface area contributed by atoms with Crippen LogP contribution >= 0.6 is 0 Å². The molecular formula is C20H20F3N3O2. The molecule has 3 rings (SSSR count). The van der Waals surface area contributed by atoms with Gasteiger partial charge >= 0.3 is 6.36 Å². The molecule has 1 N–H and O–H groups in total. The summed E-state index contributed by atoms with van der Waals surface area (Å²) in [6, 6.07) is 7.32. The Morgan fingerprint density at radius 3 is 2.46 bits per heavy atom. The largest absolute Gasteiger partial charge is 0.573 e. The maximum atomic E-state index is 12.8. The topological polar surface area (TPSA) is 55.6 Å². The molecule has 0 unspecified atom stereocenters. The van der Waals surface area contributed by atoms with Crippen LogP contribution in [0.3, 0.4) is 0 Å². The first-order valence-corrected chi connectivity index (χ1v) is 8.79. The first-order valence-electron chi connectivity index (χ1n) is 8.79. The lowest BCUT2D eigenvalue weighted by molar-refractivity contribution is -0.274. The summed E-state index contributed by atoms with van der Waals surface area (Å²) in [6.07, 6.45) is -2.24. The van der Waals surface area contributed by atoms with Crippen LogP contribution in [-0.4, -0.2) is 21.7 Å². The van der Waals surface area contributed by atoms with Crippen LogP contribution in [0.25, 0.3) is 5.65 Å². The minimum Gasteiger partial charge on any atom is -0.406 e. The second-order valence-corrected chi connectivity index (χ2v) is 6.50. The molecule has 3 aromatic rings. The Bertz CT molecular complexity index is 1010. The highest BCUT2D eigenvalue weighted by Gasteiger charge is 2.31. The van der Waals surface area contributed by atoms with Gasteiger partial charge in [-0.05, 0) is 55.2 Å². The zero-order valence-corrected chi connectivity index (χ0v) is 15.7. The number of aryl methyl sites for hydroxylation is 3. The van der Waals surface area contributed by atoms with Crippen molar-refractivity contribution in [3.05, 3.63) is 64.6 Å². The molecule has 0 atom stereocenters. The summed E-state index contributed by atoms with van der Waals surface area (Å²) >= 11 is 0. The zero-order chi connectivity index (χ0) is 20.5. The van der Waals surface area contributed by atoms with E-state index in [1.807, 2.05) is 33.0 Å². The van der Waals surface area contributed by atoms with Gasteiger partial charge in [-0.3, -0.25) is 9.20 Å². The SMILES string of the molecule is CCc1nc2cc(C)c(C)cn2c1C(=O)NCc1ccc(OC(F)(F)F)cc1. The Morgan fingerprint density at radius 2 is 1.86 bits per heavy atom. The van der Waals surface area contributed by atoms with Crippen LogP contribution in [0.5, 0.6) is 5.75 Å². The van der Waals surface area contributed by atoms with Crippen LogP contribution in [0.1, 0.15) is 39.8 Å². The molecule has 28 heavy (non-hydrogen) atoms. The smallest absolute Gasteiger partial charge is 0.406 e. The van der Waals surface area contributed by atoms with E-state index in [1.54, 1.807) is 4.40 Å². The van der Waals surface area contributed by atoms with Crippen LogP contribution in [0.2, 0.25) is 0 Å². The maximum Gasteiger partial charge on any atom is 0.573 e. The van der Waals surface area contributed by atoms with E-state index in [1.165, 1.54) is 24.3 Å². The highest BCUT2D eigenvalue weighted by molar-refractivity contribution is 5.94. The second kappa shape index (κ2) is 7.53. The number of carbonyl (C=O) groups excluding carboxylic acids is 1.